The molecule has 1 heterocycles. The van der Waals surface area contributed by atoms with E-state index in [0.717, 1.165) is 23.2 Å². The predicted octanol–water partition coefficient (Wildman–Crippen LogP) is 3.81. The van der Waals surface area contributed by atoms with Gasteiger partial charge in [0.15, 0.2) is 0 Å². The minimum atomic E-state index is -3.63. The Morgan fingerprint density at radius 1 is 1.23 bits per heavy atom. The largest absolute Gasteiger partial charge is 0.382 e. The van der Waals surface area contributed by atoms with Crippen LogP contribution >= 0.6 is 11.6 Å². The van der Waals surface area contributed by atoms with Crippen molar-refractivity contribution >= 4 is 33.0 Å². The summed E-state index contributed by atoms with van der Waals surface area (Å²) in [5, 5.41) is 3.81. The van der Waals surface area contributed by atoms with Crippen molar-refractivity contribution < 1.29 is 8.42 Å². The average molecular weight is 337 g/mol. The number of sulfonamides is 1. The molecule has 1 atom stereocenters. The number of fused-ring (bicyclic) bond motifs is 1. The Balaban J connectivity index is 1.94. The minimum absolute atomic E-state index is 0.265. The van der Waals surface area contributed by atoms with E-state index in [1.807, 2.05) is 13.0 Å². The quantitative estimate of drug-likeness (QED) is 0.896. The molecule has 2 N–H and O–H groups in total. The molecule has 3 rings (SSSR count). The molecule has 2 aromatic rings. The number of aryl methyl sites for hydroxylation is 1. The second kappa shape index (κ2) is 5.48. The van der Waals surface area contributed by atoms with Gasteiger partial charge in [0.25, 0.3) is 10.0 Å². The van der Waals surface area contributed by atoms with Crippen LogP contribution in [0.3, 0.4) is 0 Å². The Morgan fingerprint density at radius 3 is 2.77 bits per heavy atom. The summed E-state index contributed by atoms with van der Waals surface area (Å²) in [4.78, 5) is 0.265. The molecule has 2 aromatic carbocycles. The fraction of sp³-hybridized carbons (Fsp3) is 0.250. The van der Waals surface area contributed by atoms with E-state index in [1.54, 1.807) is 30.3 Å². The van der Waals surface area contributed by atoms with Crippen molar-refractivity contribution in [2.45, 2.75) is 31.2 Å². The maximum Gasteiger partial charge on any atom is 0.261 e. The third-order valence-corrected chi connectivity index (χ3v) is 5.36. The van der Waals surface area contributed by atoms with Crippen LogP contribution in [0, 0.1) is 6.92 Å². The molecule has 22 heavy (non-hydrogen) atoms. The van der Waals surface area contributed by atoms with E-state index in [0.29, 0.717) is 16.8 Å². The topological polar surface area (TPSA) is 58.2 Å². The summed E-state index contributed by atoms with van der Waals surface area (Å²) in [5.41, 5.74) is 3.35. The predicted molar refractivity (Wildman–Crippen MR) is 90.2 cm³/mol. The van der Waals surface area contributed by atoms with Crippen molar-refractivity contribution in [1.82, 2.24) is 0 Å². The lowest BCUT2D eigenvalue weighted by Crippen LogP contribution is -2.14. The zero-order chi connectivity index (χ0) is 15.9. The fourth-order valence-corrected chi connectivity index (χ4v) is 3.95. The average Bonchev–Trinajstić information content (AvgIpc) is 2.81. The molecule has 0 aromatic heterocycles. The van der Waals surface area contributed by atoms with E-state index in [1.165, 1.54) is 0 Å². The van der Waals surface area contributed by atoms with Crippen LogP contribution in [-0.4, -0.2) is 14.5 Å². The molecule has 0 fully saturated rings. The first-order chi connectivity index (χ1) is 10.3. The number of benzene rings is 2. The van der Waals surface area contributed by atoms with Gasteiger partial charge < -0.3 is 5.32 Å². The van der Waals surface area contributed by atoms with Crippen molar-refractivity contribution in [3.8, 4) is 0 Å². The molecule has 6 heteroatoms. The lowest BCUT2D eigenvalue weighted by atomic mass is 10.1. The summed E-state index contributed by atoms with van der Waals surface area (Å²) >= 11 is 5.94. The highest BCUT2D eigenvalue weighted by molar-refractivity contribution is 7.92. The van der Waals surface area contributed by atoms with Crippen LogP contribution < -0.4 is 10.0 Å². The lowest BCUT2D eigenvalue weighted by Gasteiger charge is -2.12. The molecule has 4 nitrogen and oxygen atoms in total. The third kappa shape index (κ3) is 2.91. The van der Waals surface area contributed by atoms with Crippen LogP contribution in [0.1, 0.15) is 18.1 Å². The van der Waals surface area contributed by atoms with E-state index in [-0.39, 0.29) is 4.90 Å². The zero-order valence-electron chi connectivity index (χ0n) is 12.4. The molecule has 116 valence electrons. The molecule has 0 aliphatic carbocycles. The molecule has 0 amide bonds. The van der Waals surface area contributed by atoms with Crippen LogP contribution in [0.15, 0.2) is 41.3 Å². The maximum atomic E-state index is 12.6. The summed E-state index contributed by atoms with van der Waals surface area (Å²) < 4.78 is 27.8. The molecule has 0 unspecified atom stereocenters. The first-order valence-electron chi connectivity index (χ1n) is 7.03. The van der Waals surface area contributed by atoms with E-state index >= 15 is 0 Å². The Hall–Kier alpha value is -1.72. The number of anilines is 2. The molecule has 0 radical (unpaired) electrons. The monoisotopic (exact) mass is 336 g/mol. The second-order valence-corrected chi connectivity index (χ2v) is 7.75. The number of rotatable bonds is 3. The Bertz CT molecular complexity index is 834. The first-order valence-corrected chi connectivity index (χ1v) is 8.90. The molecule has 0 saturated carbocycles. The standard InChI is InChI=1S/C16H17ClN2O2S/c1-10-3-4-13(17)9-16(10)19-22(20,21)14-5-6-15-12(8-14)7-11(2)18-15/h3-6,8-9,11,18-19H,7H2,1-2H3/t11-/m1/s1. The fourth-order valence-electron chi connectivity index (χ4n) is 2.60. The summed E-state index contributed by atoms with van der Waals surface area (Å²) in [7, 11) is -3.63. The van der Waals surface area contributed by atoms with Crippen LogP contribution in [0.5, 0.6) is 0 Å². The van der Waals surface area contributed by atoms with Gasteiger partial charge in [-0.2, -0.15) is 0 Å². The van der Waals surface area contributed by atoms with Crippen molar-refractivity contribution in [2.24, 2.45) is 0 Å². The van der Waals surface area contributed by atoms with Crippen LogP contribution in [0.4, 0.5) is 11.4 Å². The number of hydrogen-bond acceptors (Lipinski definition) is 3. The highest BCUT2D eigenvalue weighted by Crippen LogP contribution is 2.29. The molecular weight excluding hydrogens is 320 g/mol. The van der Waals surface area contributed by atoms with Crippen molar-refractivity contribution in [1.29, 1.82) is 0 Å². The Labute approximate surface area is 135 Å². The van der Waals surface area contributed by atoms with Crippen molar-refractivity contribution in [3.63, 3.8) is 0 Å². The number of hydrogen-bond donors (Lipinski definition) is 2. The van der Waals surface area contributed by atoms with Gasteiger partial charge in [0.2, 0.25) is 0 Å². The third-order valence-electron chi connectivity index (χ3n) is 3.76. The Kier molecular flexibility index (Phi) is 3.78. The van der Waals surface area contributed by atoms with Crippen LogP contribution in [0.25, 0.3) is 0 Å². The van der Waals surface area contributed by atoms with Gasteiger partial charge >= 0.3 is 0 Å². The lowest BCUT2D eigenvalue weighted by molar-refractivity contribution is 0.601. The molecule has 0 spiro atoms. The van der Waals surface area contributed by atoms with E-state index < -0.39 is 10.0 Å². The van der Waals surface area contributed by atoms with E-state index in [2.05, 4.69) is 17.0 Å². The minimum Gasteiger partial charge on any atom is -0.382 e. The van der Waals surface area contributed by atoms with Gasteiger partial charge in [0.1, 0.15) is 0 Å². The van der Waals surface area contributed by atoms with E-state index in [4.69, 9.17) is 11.6 Å². The van der Waals surface area contributed by atoms with Crippen molar-refractivity contribution in [3.05, 3.63) is 52.5 Å². The molecule has 0 saturated heterocycles. The van der Waals surface area contributed by atoms with Gasteiger partial charge in [0.05, 0.1) is 10.6 Å². The first kappa shape index (κ1) is 15.2. The SMILES string of the molecule is Cc1ccc(Cl)cc1NS(=O)(=O)c1ccc2c(c1)C[C@@H](C)N2. The van der Waals surface area contributed by atoms with Crippen molar-refractivity contribution in [2.75, 3.05) is 10.0 Å². The molecule has 0 bridgehead atoms. The van der Waals surface area contributed by atoms with Gasteiger partial charge in [-0.05, 0) is 61.7 Å². The maximum absolute atomic E-state index is 12.6. The van der Waals surface area contributed by atoms with Gasteiger partial charge in [-0.25, -0.2) is 8.42 Å². The van der Waals surface area contributed by atoms with Gasteiger partial charge in [-0.15, -0.1) is 0 Å². The number of halogens is 1. The zero-order valence-corrected chi connectivity index (χ0v) is 13.9. The highest BCUT2D eigenvalue weighted by atomic mass is 35.5. The summed E-state index contributed by atoms with van der Waals surface area (Å²) in [6, 6.07) is 10.6. The van der Waals surface area contributed by atoms with Crippen LogP contribution in [0.2, 0.25) is 5.02 Å². The molecule has 1 aliphatic heterocycles. The van der Waals surface area contributed by atoms with Gasteiger partial charge in [-0.1, -0.05) is 17.7 Å². The smallest absolute Gasteiger partial charge is 0.261 e. The normalized spacial score (nSPS) is 17.0. The summed E-state index contributed by atoms with van der Waals surface area (Å²) in [6.07, 6.45) is 0.828. The second-order valence-electron chi connectivity index (χ2n) is 5.63. The van der Waals surface area contributed by atoms with Gasteiger partial charge in [0, 0.05) is 16.8 Å². The van der Waals surface area contributed by atoms with Crippen LogP contribution in [-0.2, 0) is 16.4 Å². The summed E-state index contributed by atoms with van der Waals surface area (Å²) in [6.45, 7) is 3.91. The number of nitrogens with one attached hydrogen (secondary N) is 2. The molecular formula is C16H17ClN2O2S. The van der Waals surface area contributed by atoms with E-state index in [9.17, 15) is 8.42 Å². The Morgan fingerprint density at radius 2 is 2.00 bits per heavy atom. The molecule has 1 aliphatic rings. The highest BCUT2D eigenvalue weighted by Gasteiger charge is 2.21. The van der Waals surface area contributed by atoms with Gasteiger partial charge in [-0.3, -0.25) is 4.72 Å². The summed E-state index contributed by atoms with van der Waals surface area (Å²) in [5.74, 6) is 0.